The van der Waals surface area contributed by atoms with Crippen LogP contribution in [0.3, 0.4) is 0 Å². The average molecular weight is 330 g/mol. The summed E-state index contributed by atoms with van der Waals surface area (Å²) in [7, 11) is -3.48. The van der Waals surface area contributed by atoms with Gasteiger partial charge in [-0.1, -0.05) is 18.5 Å². The Morgan fingerprint density at radius 2 is 1.90 bits per heavy atom. The van der Waals surface area contributed by atoms with Crippen molar-refractivity contribution in [3.05, 3.63) is 51.7 Å². The molecule has 1 aromatic heterocycles. The van der Waals surface area contributed by atoms with Gasteiger partial charge in [-0.3, -0.25) is 0 Å². The number of sulfonamides is 1. The molecule has 0 bridgehead atoms. The number of halogens is 1. The van der Waals surface area contributed by atoms with Gasteiger partial charge in [-0.25, -0.2) is 8.42 Å². The minimum atomic E-state index is -3.48. The molecule has 108 valence electrons. The van der Waals surface area contributed by atoms with Gasteiger partial charge in [0.05, 0.1) is 4.90 Å². The number of hydrogen-bond donors (Lipinski definition) is 0. The summed E-state index contributed by atoms with van der Waals surface area (Å²) in [6, 6.07) is 8.25. The normalized spacial score (nSPS) is 11.9. The minimum absolute atomic E-state index is 0.283. The summed E-state index contributed by atoms with van der Waals surface area (Å²) in [5.41, 5.74) is 1.01. The smallest absolute Gasteiger partial charge is 0.207 e. The van der Waals surface area contributed by atoms with Crippen molar-refractivity contribution in [2.45, 2.75) is 24.8 Å². The van der Waals surface area contributed by atoms with E-state index >= 15 is 0 Å². The van der Waals surface area contributed by atoms with Crippen LogP contribution in [0.2, 0.25) is 5.02 Å². The molecule has 0 fully saturated rings. The summed E-state index contributed by atoms with van der Waals surface area (Å²) in [5, 5.41) is 4.46. The number of thiophene rings is 1. The number of nitrogens with zero attached hydrogens (tertiary/aromatic N) is 1. The van der Waals surface area contributed by atoms with E-state index < -0.39 is 10.0 Å². The first-order chi connectivity index (χ1) is 9.54. The molecule has 0 aliphatic carbocycles. The second kappa shape index (κ2) is 6.72. The lowest BCUT2D eigenvalue weighted by atomic mass is 10.3. The molecule has 0 aliphatic rings. The molecule has 0 spiro atoms. The highest BCUT2D eigenvalue weighted by molar-refractivity contribution is 7.89. The second-order valence-electron chi connectivity index (χ2n) is 4.42. The first-order valence-corrected chi connectivity index (χ1v) is 9.07. The molecule has 0 N–H and O–H groups in total. The Bertz CT molecular complexity index is 636. The zero-order valence-electron chi connectivity index (χ0n) is 11.1. The van der Waals surface area contributed by atoms with Gasteiger partial charge in [0.25, 0.3) is 0 Å². The molecule has 3 nitrogen and oxygen atoms in total. The van der Waals surface area contributed by atoms with E-state index in [4.69, 9.17) is 11.6 Å². The van der Waals surface area contributed by atoms with Crippen LogP contribution in [0.5, 0.6) is 0 Å². The molecule has 6 heteroatoms. The van der Waals surface area contributed by atoms with Crippen LogP contribution in [0, 0.1) is 0 Å². The van der Waals surface area contributed by atoms with Crippen LogP contribution in [0.25, 0.3) is 0 Å². The molecule has 0 unspecified atom stereocenters. The molecule has 2 aromatic rings. The first-order valence-electron chi connectivity index (χ1n) is 6.31. The van der Waals surface area contributed by atoms with Crippen LogP contribution >= 0.6 is 22.9 Å². The average Bonchev–Trinajstić information content (AvgIpc) is 2.92. The first kappa shape index (κ1) is 15.5. The third-order valence-corrected chi connectivity index (χ3v) is 5.71. The van der Waals surface area contributed by atoms with Crippen molar-refractivity contribution in [1.82, 2.24) is 4.31 Å². The molecular weight excluding hydrogens is 314 g/mol. The highest BCUT2D eigenvalue weighted by atomic mass is 35.5. The Hall–Kier alpha value is -0.880. The molecule has 0 saturated heterocycles. The van der Waals surface area contributed by atoms with Crippen molar-refractivity contribution in [2.75, 3.05) is 6.54 Å². The molecule has 20 heavy (non-hydrogen) atoms. The molecule has 2 rings (SSSR count). The SMILES string of the molecule is CCCN(Cc1ccsc1)S(=O)(=O)c1ccc(Cl)cc1. The van der Waals surface area contributed by atoms with E-state index in [0.29, 0.717) is 18.1 Å². The van der Waals surface area contributed by atoms with Crippen molar-refractivity contribution < 1.29 is 8.42 Å². The van der Waals surface area contributed by atoms with Gasteiger partial charge < -0.3 is 0 Å². The van der Waals surface area contributed by atoms with E-state index in [1.165, 1.54) is 4.31 Å². The van der Waals surface area contributed by atoms with Crippen molar-refractivity contribution in [2.24, 2.45) is 0 Å². The number of hydrogen-bond acceptors (Lipinski definition) is 3. The molecule has 1 heterocycles. The van der Waals surface area contributed by atoms with Crippen LogP contribution in [0.4, 0.5) is 0 Å². The van der Waals surface area contributed by atoms with E-state index in [1.807, 2.05) is 23.8 Å². The molecule has 0 atom stereocenters. The molecule has 0 amide bonds. The minimum Gasteiger partial charge on any atom is -0.207 e. The Kier molecular flexibility index (Phi) is 5.21. The van der Waals surface area contributed by atoms with E-state index in [9.17, 15) is 8.42 Å². The van der Waals surface area contributed by atoms with Crippen LogP contribution in [-0.2, 0) is 16.6 Å². The monoisotopic (exact) mass is 329 g/mol. The number of benzene rings is 1. The Labute approximate surface area is 128 Å². The van der Waals surface area contributed by atoms with Gasteiger partial charge in [-0.05, 0) is 53.1 Å². The summed E-state index contributed by atoms with van der Waals surface area (Å²) >= 11 is 7.38. The summed E-state index contributed by atoms with van der Waals surface area (Å²) < 4.78 is 26.8. The van der Waals surface area contributed by atoms with Crippen LogP contribution in [0.15, 0.2) is 46.0 Å². The van der Waals surface area contributed by atoms with Gasteiger partial charge in [0.15, 0.2) is 0 Å². The van der Waals surface area contributed by atoms with Gasteiger partial charge >= 0.3 is 0 Å². The fourth-order valence-corrected chi connectivity index (χ4v) is 4.18. The number of rotatable bonds is 6. The fourth-order valence-electron chi connectivity index (χ4n) is 1.88. The topological polar surface area (TPSA) is 37.4 Å². The summed E-state index contributed by atoms with van der Waals surface area (Å²) in [5.74, 6) is 0. The van der Waals surface area contributed by atoms with Crippen LogP contribution < -0.4 is 0 Å². The fraction of sp³-hybridized carbons (Fsp3) is 0.286. The molecule has 0 aliphatic heterocycles. The third-order valence-electron chi connectivity index (χ3n) is 2.86. The van der Waals surface area contributed by atoms with Gasteiger partial charge in [-0.2, -0.15) is 15.6 Å². The summed E-state index contributed by atoms with van der Waals surface area (Å²) in [6.07, 6.45) is 0.775. The molecule has 0 radical (unpaired) electrons. The quantitative estimate of drug-likeness (QED) is 0.803. The van der Waals surface area contributed by atoms with Gasteiger partial charge in [0.1, 0.15) is 0 Å². The molecule has 1 aromatic carbocycles. The highest BCUT2D eigenvalue weighted by Crippen LogP contribution is 2.21. The Balaban J connectivity index is 2.29. The maximum Gasteiger partial charge on any atom is 0.243 e. The Morgan fingerprint density at radius 1 is 1.20 bits per heavy atom. The van der Waals surface area contributed by atoms with E-state index in [1.54, 1.807) is 35.6 Å². The van der Waals surface area contributed by atoms with E-state index in [-0.39, 0.29) is 4.90 Å². The van der Waals surface area contributed by atoms with Crippen molar-refractivity contribution in [3.8, 4) is 0 Å². The zero-order chi connectivity index (χ0) is 14.6. The third kappa shape index (κ3) is 3.61. The van der Waals surface area contributed by atoms with Gasteiger partial charge in [-0.15, -0.1) is 0 Å². The second-order valence-corrected chi connectivity index (χ2v) is 7.58. The largest absolute Gasteiger partial charge is 0.243 e. The van der Waals surface area contributed by atoms with E-state index in [2.05, 4.69) is 0 Å². The van der Waals surface area contributed by atoms with Gasteiger partial charge in [0, 0.05) is 18.1 Å². The lowest BCUT2D eigenvalue weighted by molar-refractivity contribution is 0.406. The molecule has 0 saturated carbocycles. The predicted molar refractivity (Wildman–Crippen MR) is 83.7 cm³/mol. The zero-order valence-corrected chi connectivity index (χ0v) is 13.5. The Morgan fingerprint density at radius 3 is 2.45 bits per heavy atom. The lowest BCUT2D eigenvalue weighted by Gasteiger charge is -2.21. The lowest BCUT2D eigenvalue weighted by Crippen LogP contribution is -2.31. The van der Waals surface area contributed by atoms with Crippen LogP contribution in [-0.4, -0.2) is 19.3 Å². The maximum absolute atomic E-state index is 12.6. The highest BCUT2D eigenvalue weighted by Gasteiger charge is 2.23. The van der Waals surface area contributed by atoms with E-state index in [0.717, 1.165) is 12.0 Å². The van der Waals surface area contributed by atoms with Crippen molar-refractivity contribution in [3.63, 3.8) is 0 Å². The van der Waals surface area contributed by atoms with Crippen molar-refractivity contribution >= 4 is 33.0 Å². The maximum atomic E-state index is 12.6. The van der Waals surface area contributed by atoms with Crippen LogP contribution in [0.1, 0.15) is 18.9 Å². The van der Waals surface area contributed by atoms with Gasteiger partial charge in [0.2, 0.25) is 10.0 Å². The molecular formula is C14H16ClNO2S2. The summed E-state index contributed by atoms with van der Waals surface area (Å²) in [4.78, 5) is 0.283. The standard InChI is InChI=1S/C14H16ClNO2S2/c1-2-8-16(10-12-7-9-19-11-12)20(17,18)14-5-3-13(15)4-6-14/h3-7,9,11H,2,8,10H2,1H3. The predicted octanol–water partition coefficient (Wildman–Crippen LogP) is 4.00. The summed E-state index contributed by atoms with van der Waals surface area (Å²) in [6.45, 7) is 2.88. The van der Waals surface area contributed by atoms with Crippen molar-refractivity contribution in [1.29, 1.82) is 0 Å².